The molecule has 0 aliphatic carbocycles. The van der Waals surface area contributed by atoms with E-state index in [1.54, 1.807) is 0 Å². The summed E-state index contributed by atoms with van der Waals surface area (Å²) in [7, 11) is 0. The summed E-state index contributed by atoms with van der Waals surface area (Å²) >= 11 is 0. The number of hydrogen-bond donors (Lipinski definition) is 0. The van der Waals surface area contributed by atoms with Crippen LogP contribution in [0.5, 0.6) is 0 Å². The molecule has 150 valence electrons. The van der Waals surface area contributed by atoms with E-state index >= 15 is 0 Å². The molecule has 3 aromatic carbocycles. The molecular formula is C25H23N3O2. The number of para-hydroxylation sites is 2. The first kappa shape index (κ1) is 19.7. The van der Waals surface area contributed by atoms with Crippen LogP contribution in [0.4, 0.5) is 0 Å². The molecule has 0 amide bonds. The number of nitrogens with zero attached hydrogens (tertiary/aromatic N) is 3. The van der Waals surface area contributed by atoms with E-state index in [1.165, 1.54) is 11.5 Å². The zero-order valence-corrected chi connectivity index (χ0v) is 16.9. The minimum absolute atomic E-state index is 0.166. The molecule has 0 atom stereocenters. The molecule has 0 bridgehead atoms. The second-order valence-electron chi connectivity index (χ2n) is 7.33. The van der Waals surface area contributed by atoms with Gasteiger partial charge in [-0.3, -0.25) is 19.1 Å². The lowest BCUT2D eigenvalue weighted by molar-refractivity contribution is 0.0825. The average Bonchev–Trinajstić information content (AvgIpc) is 3.15. The molecular weight excluding hydrogens is 374 g/mol. The molecule has 0 saturated carbocycles. The summed E-state index contributed by atoms with van der Waals surface area (Å²) < 4.78 is 1.46. The third-order valence-electron chi connectivity index (χ3n) is 4.98. The molecule has 0 saturated heterocycles. The Bertz CT molecular complexity index is 1130. The van der Waals surface area contributed by atoms with E-state index in [2.05, 4.69) is 34.1 Å². The third kappa shape index (κ3) is 4.36. The normalized spacial score (nSPS) is 11.1. The van der Waals surface area contributed by atoms with Crippen LogP contribution in [0.2, 0.25) is 0 Å². The van der Waals surface area contributed by atoms with Crippen molar-refractivity contribution in [1.29, 1.82) is 0 Å². The summed E-state index contributed by atoms with van der Waals surface area (Å²) in [5, 5.41) is 0. The second-order valence-corrected chi connectivity index (χ2v) is 7.33. The SMILES string of the molecule is CC(=O)c1nc2ccccc2n1C(=O)CN(Cc1ccccc1)Cc1ccccc1. The quantitative estimate of drug-likeness (QED) is 0.428. The maximum atomic E-state index is 13.4. The molecule has 0 aliphatic rings. The fraction of sp³-hybridized carbons (Fsp3) is 0.160. The predicted molar refractivity (Wildman–Crippen MR) is 117 cm³/mol. The number of aromatic nitrogens is 2. The highest BCUT2D eigenvalue weighted by Crippen LogP contribution is 2.18. The van der Waals surface area contributed by atoms with Crippen molar-refractivity contribution in [2.75, 3.05) is 6.54 Å². The smallest absolute Gasteiger partial charge is 0.247 e. The highest BCUT2D eigenvalue weighted by molar-refractivity contribution is 6.02. The molecule has 1 heterocycles. The van der Waals surface area contributed by atoms with Gasteiger partial charge in [0.1, 0.15) is 0 Å². The Hall–Kier alpha value is -3.57. The maximum absolute atomic E-state index is 13.4. The first-order chi connectivity index (χ1) is 14.6. The number of hydrogen-bond acceptors (Lipinski definition) is 4. The van der Waals surface area contributed by atoms with Crippen LogP contribution in [0, 0.1) is 0 Å². The lowest BCUT2D eigenvalue weighted by Crippen LogP contribution is -2.33. The summed E-state index contributed by atoms with van der Waals surface area (Å²) in [5.41, 5.74) is 3.56. The molecule has 5 nitrogen and oxygen atoms in total. The first-order valence-electron chi connectivity index (χ1n) is 9.93. The van der Waals surface area contributed by atoms with Gasteiger partial charge in [0.05, 0.1) is 17.6 Å². The van der Waals surface area contributed by atoms with Gasteiger partial charge in [-0.1, -0.05) is 72.8 Å². The van der Waals surface area contributed by atoms with Crippen LogP contribution in [-0.2, 0) is 13.1 Å². The third-order valence-corrected chi connectivity index (χ3v) is 4.98. The molecule has 4 aromatic rings. The summed E-state index contributed by atoms with van der Waals surface area (Å²) in [5.74, 6) is -0.210. The number of fused-ring (bicyclic) bond motifs is 1. The minimum atomic E-state index is -0.225. The molecule has 0 spiro atoms. The maximum Gasteiger partial charge on any atom is 0.247 e. The topological polar surface area (TPSA) is 55.2 Å². The van der Waals surface area contributed by atoms with Crippen molar-refractivity contribution in [1.82, 2.24) is 14.5 Å². The Morgan fingerprint density at radius 1 is 0.800 bits per heavy atom. The molecule has 0 N–H and O–H groups in total. The van der Waals surface area contributed by atoms with E-state index in [0.717, 1.165) is 11.1 Å². The first-order valence-corrected chi connectivity index (χ1v) is 9.93. The lowest BCUT2D eigenvalue weighted by Gasteiger charge is -2.22. The Labute approximate surface area is 175 Å². The van der Waals surface area contributed by atoms with Gasteiger partial charge in [-0.2, -0.15) is 0 Å². The van der Waals surface area contributed by atoms with Crippen molar-refractivity contribution >= 4 is 22.7 Å². The zero-order chi connectivity index (χ0) is 20.9. The van der Waals surface area contributed by atoms with Crippen molar-refractivity contribution in [2.45, 2.75) is 20.0 Å². The Morgan fingerprint density at radius 2 is 1.33 bits per heavy atom. The van der Waals surface area contributed by atoms with E-state index in [-0.39, 0.29) is 24.1 Å². The molecule has 0 fully saturated rings. The van der Waals surface area contributed by atoms with Crippen molar-refractivity contribution in [3.63, 3.8) is 0 Å². The number of carbonyl (C=O) groups excluding carboxylic acids is 2. The molecule has 0 unspecified atom stereocenters. The Morgan fingerprint density at radius 3 is 1.90 bits per heavy atom. The average molecular weight is 397 g/mol. The van der Waals surface area contributed by atoms with Gasteiger partial charge >= 0.3 is 0 Å². The van der Waals surface area contributed by atoms with Crippen LogP contribution in [0.15, 0.2) is 84.9 Å². The van der Waals surface area contributed by atoms with Crippen molar-refractivity contribution in [2.24, 2.45) is 0 Å². The van der Waals surface area contributed by atoms with E-state index in [4.69, 9.17) is 0 Å². The van der Waals surface area contributed by atoms with Crippen LogP contribution in [0.3, 0.4) is 0 Å². The predicted octanol–water partition coefficient (Wildman–Crippen LogP) is 4.58. The van der Waals surface area contributed by atoms with Gasteiger partial charge in [-0.25, -0.2) is 4.98 Å². The largest absolute Gasteiger partial charge is 0.291 e. The van der Waals surface area contributed by atoms with Gasteiger partial charge < -0.3 is 0 Å². The fourth-order valence-corrected chi connectivity index (χ4v) is 3.63. The second kappa shape index (κ2) is 8.84. The minimum Gasteiger partial charge on any atom is -0.291 e. The van der Waals surface area contributed by atoms with Crippen LogP contribution < -0.4 is 0 Å². The summed E-state index contributed by atoms with van der Waals surface area (Å²) in [4.78, 5) is 32.0. The van der Waals surface area contributed by atoms with Crippen LogP contribution in [0.1, 0.15) is 33.5 Å². The highest BCUT2D eigenvalue weighted by Gasteiger charge is 2.21. The van der Waals surface area contributed by atoms with E-state index in [1.807, 2.05) is 60.7 Å². The van der Waals surface area contributed by atoms with Crippen molar-refractivity contribution < 1.29 is 9.59 Å². The zero-order valence-electron chi connectivity index (χ0n) is 16.9. The van der Waals surface area contributed by atoms with Gasteiger partial charge in [-0.15, -0.1) is 0 Å². The highest BCUT2D eigenvalue weighted by atomic mass is 16.2. The number of carbonyl (C=O) groups is 2. The van der Waals surface area contributed by atoms with Gasteiger partial charge in [0.2, 0.25) is 5.91 Å². The standard InChI is InChI=1S/C25H23N3O2/c1-19(29)25-26-22-14-8-9-15-23(22)28(25)24(30)18-27(16-20-10-4-2-5-11-20)17-21-12-6-3-7-13-21/h2-15H,16-18H2,1H3. The van der Waals surface area contributed by atoms with Gasteiger partial charge in [0.25, 0.3) is 0 Å². The molecule has 30 heavy (non-hydrogen) atoms. The van der Waals surface area contributed by atoms with Crippen LogP contribution in [-0.4, -0.2) is 32.7 Å². The number of ketones is 1. The summed E-state index contributed by atoms with van der Waals surface area (Å²) in [6, 6.07) is 27.5. The molecule has 1 aromatic heterocycles. The van der Waals surface area contributed by atoms with Crippen molar-refractivity contribution in [3.8, 4) is 0 Å². The van der Waals surface area contributed by atoms with Gasteiger partial charge in [-0.05, 0) is 23.3 Å². The summed E-state index contributed by atoms with van der Waals surface area (Å²) in [6.07, 6.45) is 0. The van der Waals surface area contributed by atoms with E-state index in [0.29, 0.717) is 24.1 Å². The van der Waals surface area contributed by atoms with E-state index < -0.39 is 0 Å². The Kier molecular flexibility index (Phi) is 5.82. The van der Waals surface area contributed by atoms with Crippen molar-refractivity contribution in [3.05, 3.63) is 102 Å². The molecule has 5 heteroatoms. The van der Waals surface area contributed by atoms with Gasteiger partial charge in [0.15, 0.2) is 11.6 Å². The monoisotopic (exact) mass is 397 g/mol. The number of benzene rings is 3. The summed E-state index contributed by atoms with van der Waals surface area (Å²) in [6.45, 7) is 2.87. The number of imidazole rings is 1. The molecule has 0 aliphatic heterocycles. The Balaban J connectivity index is 1.65. The molecule has 4 rings (SSSR count). The number of rotatable bonds is 7. The van der Waals surface area contributed by atoms with Crippen LogP contribution >= 0.6 is 0 Å². The number of Topliss-reactive ketones (excluding diaryl/α,β-unsaturated/α-hetero) is 1. The van der Waals surface area contributed by atoms with Crippen LogP contribution in [0.25, 0.3) is 11.0 Å². The van der Waals surface area contributed by atoms with Gasteiger partial charge in [0, 0.05) is 20.0 Å². The molecule has 0 radical (unpaired) electrons. The lowest BCUT2D eigenvalue weighted by atomic mass is 10.1. The fourth-order valence-electron chi connectivity index (χ4n) is 3.63. The van der Waals surface area contributed by atoms with E-state index in [9.17, 15) is 9.59 Å².